The Kier molecular flexibility index (Phi) is 6.57. The van der Waals surface area contributed by atoms with E-state index in [1.165, 1.54) is 6.07 Å². The number of carbonyl (C=O) groups is 1. The predicted octanol–water partition coefficient (Wildman–Crippen LogP) is 3.53. The Bertz CT molecular complexity index is 865. The Morgan fingerprint density at radius 1 is 1.11 bits per heavy atom. The van der Waals surface area contributed by atoms with Gasteiger partial charge in [-0.1, -0.05) is 30.3 Å². The van der Waals surface area contributed by atoms with Gasteiger partial charge in [0.05, 0.1) is 18.5 Å². The smallest absolute Gasteiger partial charge is 0.220 e. The summed E-state index contributed by atoms with van der Waals surface area (Å²) >= 11 is 0. The quantitative estimate of drug-likeness (QED) is 0.589. The van der Waals surface area contributed by atoms with Crippen molar-refractivity contribution >= 4 is 5.91 Å². The van der Waals surface area contributed by atoms with E-state index in [1.807, 2.05) is 41.2 Å². The van der Waals surface area contributed by atoms with Gasteiger partial charge in [0.15, 0.2) is 11.6 Å². The number of rotatable bonds is 9. The zero-order valence-electron chi connectivity index (χ0n) is 15.0. The molecule has 27 heavy (non-hydrogen) atoms. The fourth-order valence-electron chi connectivity index (χ4n) is 2.62. The lowest BCUT2D eigenvalue weighted by atomic mass is 10.2. The van der Waals surface area contributed by atoms with Crippen molar-refractivity contribution in [3.63, 3.8) is 0 Å². The Morgan fingerprint density at radius 2 is 1.89 bits per heavy atom. The standard InChI is InChI=1S/C21H22FN3O2/c22-19-9-4-5-10-20(19)27-14-6-11-21(26)23-13-12-17-15-24-25(16-17)18-7-2-1-3-8-18/h1-5,7-10,15-16H,6,11-14H2,(H,23,26). The lowest BCUT2D eigenvalue weighted by Gasteiger charge is -2.07. The lowest BCUT2D eigenvalue weighted by molar-refractivity contribution is -0.121. The van der Waals surface area contributed by atoms with Crippen LogP contribution in [-0.2, 0) is 11.2 Å². The first-order chi connectivity index (χ1) is 13.2. The van der Waals surface area contributed by atoms with Crippen molar-refractivity contribution in [2.45, 2.75) is 19.3 Å². The number of nitrogens with one attached hydrogen (secondary N) is 1. The first-order valence-electron chi connectivity index (χ1n) is 8.95. The zero-order chi connectivity index (χ0) is 18.9. The van der Waals surface area contributed by atoms with Crippen molar-refractivity contribution in [3.8, 4) is 11.4 Å². The number of carbonyl (C=O) groups excluding carboxylic acids is 1. The van der Waals surface area contributed by atoms with Crippen LogP contribution in [0.25, 0.3) is 5.69 Å². The van der Waals surface area contributed by atoms with Crippen LogP contribution in [0.5, 0.6) is 5.75 Å². The molecule has 140 valence electrons. The monoisotopic (exact) mass is 367 g/mol. The van der Waals surface area contributed by atoms with Gasteiger partial charge in [0.1, 0.15) is 0 Å². The third-order valence-corrected chi connectivity index (χ3v) is 4.04. The Balaban J connectivity index is 1.33. The van der Waals surface area contributed by atoms with Crippen molar-refractivity contribution in [3.05, 3.63) is 78.4 Å². The third-order valence-electron chi connectivity index (χ3n) is 4.04. The molecule has 1 amide bonds. The summed E-state index contributed by atoms with van der Waals surface area (Å²) in [5.41, 5.74) is 2.06. The topological polar surface area (TPSA) is 56.1 Å². The van der Waals surface area contributed by atoms with E-state index < -0.39 is 5.82 Å². The highest BCUT2D eigenvalue weighted by molar-refractivity contribution is 5.75. The molecule has 1 N–H and O–H groups in total. The number of hydrogen-bond acceptors (Lipinski definition) is 3. The summed E-state index contributed by atoms with van der Waals surface area (Å²) in [6.07, 6.45) is 5.36. The van der Waals surface area contributed by atoms with Gasteiger partial charge >= 0.3 is 0 Å². The van der Waals surface area contributed by atoms with Crippen molar-refractivity contribution in [1.82, 2.24) is 15.1 Å². The Morgan fingerprint density at radius 3 is 2.70 bits per heavy atom. The molecule has 0 bridgehead atoms. The maximum absolute atomic E-state index is 13.4. The number of para-hydroxylation sites is 2. The summed E-state index contributed by atoms with van der Waals surface area (Å²) < 4.78 is 20.6. The molecule has 1 aromatic heterocycles. The third kappa shape index (κ3) is 5.67. The molecular weight excluding hydrogens is 345 g/mol. The summed E-state index contributed by atoms with van der Waals surface area (Å²) in [6.45, 7) is 0.853. The van der Waals surface area contributed by atoms with E-state index in [2.05, 4.69) is 10.4 Å². The van der Waals surface area contributed by atoms with Crippen LogP contribution < -0.4 is 10.1 Å². The van der Waals surface area contributed by atoms with Gasteiger partial charge in [-0.15, -0.1) is 0 Å². The van der Waals surface area contributed by atoms with Crippen LogP contribution >= 0.6 is 0 Å². The molecule has 6 heteroatoms. The highest BCUT2D eigenvalue weighted by Gasteiger charge is 2.05. The Hall–Kier alpha value is -3.15. The number of benzene rings is 2. The highest BCUT2D eigenvalue weighted by atomic mass is 19.1. The molecule has 0 saturated carbocycles. The molecule has 1 heterocycles. The SMILES string of the molecule is O=C(CCCOc1ccccc1F)NCCc1cnn(-c2ccccc2)c1. The summed E-state index contributed by atoms with van der Waals surface area (Å²) in [6, 6.07) is 16.1. The molecule has 0 unspecified atom stereocenters. The molecule has 0 aliphatic heterocycles. The first kappa shape index (κ1) is 18.6. The van der Waals surface area contributed by atoms with Gasteiger partial charge in [0.2, 0.25) is 5.91 Å². The second kappa shape index (κ2) is 9.52. The maximum Gasteiger partial charge on any atom is 0.220 e. The second-order valence-corrected chi connectivity index (χ2v) is 6.11. The van der Waals surface area contributed by atoms with Gasteiger partial charge in [-0.2, -0.15) is 5.10 Å². The van der Waals surface area contributed by atoms with Gasteiger partial charge in [-0.25, -0.2) is 9.07 Å². The molecule has 3 rings (SSSR count). The molecule has 2 aromatic carbocycles. The predicted molar refractivity (Wildman–Crippen MR) is 101 cm³/mol. The highest BCUT2D eigenvalue weighted by Crippen LogP contribution is 2.15. The van der Waals surface area contributed by atoms with Gasteiger partial charge < -0.3 is 10.1 Å². The average Bonchev–Trinajstić information content (AvgIpc) is 3.16. The molecular formula is C21H22FN3O2. The average molecular weight is 367 g/mol. The molecule has 3 aromatic rings. The lowest BCUT2D eigenvalue weighted by Crippen LogP contribution is -2.25. The molecule has 0 radical (unpaired) electrons. The fraction of sp³-hybridized carbons (Fsp3) is 0.238. The summed E-state index contributed by atoms with van der Waals surface area (Å²) in [5.74, 6) is -0.214. The largest absolute Gasteiger partial charge is 0.491 e. The van der Waals surface area contributed by atoms with Gasteiger partial charge in [0.25, 0.3) is 0 Å². The van der Waals surface area contributed by atoms with E-state index in [4.69, 9.17) is 4.74 Å². The minimum absolute atomic E-state index is 0.0393. The number of nitrogens with zero attached hydrogens (tertiary/aromatic N) is 2. The maximum atomic E-state index is 13.4. The normalized spacial score (nSPS) is 10.6. The number of amides is 1. The van der Waals surface area contributed by atoms with E-state index in [0.29, 0.717) is 32.4 Å². The molecule has 0 aliphatic rings. The van der Waals surface area contributed by atoms with Crippen LogP contribution in [-0.4, -0.2) is 28.8 Å². The molecule has 0 spiro atoms. The van der Waals surface area contributed by atoms with Gasteiger partial charge in [0, 0.05) is 19.2 Å². The van der Waals surface area contributed by atoms with Crippen LogP contribution in [0.4, 0.5) is 4.39 Å². The van der Waals surface area contributed by atoms with Crippen LogP contribution in [0.1, 0.15) is 18.4 Å². The minimum atomic E-state index is -0.391. The first-order valence-corrected chi connectivity index (χ1v) is 8.95. The van der Waals surface area contributed by atoms with Crippen molar-refractivity contribution in [2.24, 2.45) is 0 Å². The number of hydrogen-bond donors (Lipinski definition) is 1. The van der Waals surface area contributed by atoms with E-state index in [1.54, 1.807) is 24.4 Å². The van der Waals surface area contributed by atoms with E-state index in [0.717, 1.165) is 11.3 Å². The molecule has 0 fully saturated rings. The van der Waals surface area contributed by atoms with Gasteiger partial charge in [-0.05, 0) is 42.7 Å². The number of halogens is 1. The molecule has 0 saturated heterocycles. The number of aromatic nitrogens is 2. The van der Waals surface area contributed by atoms with Gasteiger partial charge in [-0.3, -0.25) is 4.79 Å². The number of ether oxygens (including phenoxy) is 1. The van der Waals surface area contributed by atoms with Crippen LogP contribution in [0.15, 0.2) is 67.0 Å². The summed E-state index contributed by atoms with van der Waals surface area (Å²) in [4.78, 5) is 11.9. The molecule has 5 nitrogen and oxygen atoms in total. The van der Waals surface area contributed by atoms with Crippen LogP contribution in [0.2, 0.25) is 0 Å². The zero-order valence-corrected chi connectivity index (χ0v) is 15.0. The van der Waals surface area contributed by atoms with Crippen LogP contribution in [0.3, 0.4) is 0 Å². The summed E-state index contributed by atoms with van der Waals surface area (Å²) in [7, 11) is 0. The van der Waals surface area contributed by atoms with E-state index in [9.17, 15) is 9.18 Å². The van der Waals surface area contributed by atoms with E-state index >= 15 is 0 Å². The van der Waals surface area contributed by atoms with Crippen molar-refractivity contribution in [2.75, 3.05) is 13.2 Å². The molecule has 0 atom stereocenters. The van der Waals surface area contributed by atoms with Crippen LogP contribution in [0, 0.1) is 5.82 Å². The molecule has 0 aliphatic carbocycles. The second-order valence-electron chi connectivity index (χ2n) is 6.11. The van der Waals surface area contributed by atoms with Crippen molar-refractivity contribution < 1.29 is 13.9 Å². The van der Waals surface area contributed by atoms with Crippen molar-refractivity contribution in [1.29, 1.82) is 0 Å². The minimum Gasteiger partial charge on any atom is -0.491 e. The summed E-state index contributed by atoms with van der Waals surface area (Å²) in [5, 5.41) is 7.22. The Labute approximate surface area is 157 Å². The fourth-order valence-corrected chi connectivity index (χ4v) is 2.62. The van der Waals surface area contributed by atoms with E-state index in [-0.39, 0.29) is 11.7 Å².